The first-order valence-electron chi connectivity index (χ1n) is 4.91. The van der Waals surface area contributed by atoms with Gasteiger partial charge in [0.15, 0.2) is 6.20 Å². The van der Waals surface area contributed by atoms with Crippen molar-refractivity contribution in [3.63, 3.8) is 0 Å². The molecule has 84 valence electrons. The summed E-state index contributed by atoms with van der Waals surface area (Å²) in [6.07, 6.45) is 3.72. The van der Waals surface area contributed by atoms with Gasteiger partial charge in [0, 0.05) is 18.6 Å². The smallest absolute Gasteiger partial charge is 0.265 e. The number of hydrogen-bond donors (Lipinski definition) is 0. The van der Waals surface area contributed by atoms with E-state index in [4.69, 9.17) is 0 Å². The third-order valence-electron chi connectivity index (χ3n) is 2.13. The van der Waals surface area contributed by atoms with Crippen molar-refractivity contribution in [2.75, 3.05) is 7.11 Å². The standard InChI is InChI=1S/C10H16NO3S/c1-3-4-8-11-9-6-5-7-10(11)15(12,13)14-2/h5-7,9H,3-4,8H2,1-2H3/q+1. The maximum absolute atomic E-state index is 11.5. The molecule has 0 aliphatic heterocycles. The minimum Gasteiger partial charge on any atom is -0.265 e. The van der Waals surface area contributed by atoms with E-state index in [0.717, 1.165) is 12.8 Å². The zero-order valence-electron chi connectivity index (χ0n) is 9.01. The van der Waals surface area contributed by atoms with E-state index in [-0.39, 0.29) is 5.03 Å². The van der Waals surface area contributed by atoms with Crippen molar-refractivity contribution in [3.8, 4) is 0 Å². The molecule has 1 aromatic heterocycles. The lowest BCUT2D eigenvalue weighted by atomic mass is 10.3. The number of pyridine rings is 1. The zero-order chi connectivity index (χ0) is 11.3. The van der Waals surface area contributed by atoms with Crippen LogP contribution in [0.25, 0.3) is 0 Å². The van der Waals surface area contributed by atoms with Crippen LogP contribution in [0, 0.1) is 0 Å². The van der Waals surface area contributed by atoms with Crippen LogP contribution in [0.1, 0.15) is 19.8 Å². The fourth-order valence-electron chi connectivity index (χ4n) is 1.29. The first kappa shape index (κ1) is 12.1. The highest BCUT2D eigenvalue weighted by Gasteiger charge is 2.24. The molecule has 0 aliphatic carbocycles. The van der Waals surface area contributed by atoms with Gasteiger partial charge in [-0.25, -0.2) is 0 Å². The molecule has 4 nitrogen and oxygen atoms in total. The van der Waals surface area contributed by atoms with Crippen molar-refractivity contribution in [2.45, 2.75) is 31.3 Å². The zero-order valence-corrected chi connectivity index (χ0v) is 9.83. The van der Waals surface area contributed by atoms with Crippen molar-refractivity contribution in [1.29, 1.82) is 0 Å². The van der Waals surface area contributed by atoms with Crippen LogP contribution in [-0.2, 0) is 20.8 Å². The van der Waals surface area contributed by atoms with E-state index in [1.54, 1.807) is 22.9 Å². The van der Waals surface area contributed by atoms with Crippen LogP contribution in [0.2, 0.25) is 0 Å². The van der Waals surface area contributed by atoms with Crippen LogP contribution in [-0.4, -0.2) is 15.5 Å². The number of hydrogen-bond acceptors (Lipinski definition) is 3. The van der Waals surface area contributed by atoms with E-state index in [1.807, 2.05) is 6.07 Å². The largest absolute Gasteiger partial charge is 0.357 e. The van der Waals surface area contributed by atoms with Crippen molar-refractivity contribution in [1.82, 2.24) is 0 Å². The average molecular weight is 230 g/mol. The number of unbranched alkanes of at least 4 members (excludes halogenated alkanes) is 1. The molecule has 0 amide bonds. The van der Waals surface area contributed by atoms with Crippen LogP contribution in [0.3, 0.4) is 0 Å². The molecule has 0 saturated heterocycles. The van der Waals surface area contributed by atoms with E-state index in [1.165, 1.54) is 7.11 Å². The molecule has 0 aromatic carbocycles. The van der Waals surface area contributed by atoms with E-state index in [0.29, 0.717) is 6.54 Å². The summed E-state index contributed by atoms with van der Waals surface area (Å²) >= 11 is 0. The maximum Gasteiger partial charge on any atom is 0.357 e. The van der Waals surface area contributed by atoms with Crippen molar-refractivity contribution in [2.24, 2.45) is 0 Å². The number of aromatic nitrogens is 1. The SMILES string of the molecule is CCCC[n+]1ccccc1S(=O)(=O)OC. The fraction of sp³-hybridized carbons (Fsp3) is 0.500. The Bertz CT molecular complexity index is 414. The van der Waals surface area contributed by atoms with Crippen LogP contribution in [0.4, 0.5) is 0 Å². The Hall–Kier alpha value is -0.940. The minimum absolute atomic E-state index is 0.209. The fourth-order valence-corrected chi connectivity index (χ4v) is 2.14. The quantitative estimate of drug-likeness (QED) is 0.562. The summed E-state index contributed by atoms with van der Waals surface area (Å²) in [5, 5.41) is 0.209. The average Bonchev–Trinajstić information content (AvgIpc) is 2.26. The second-order valence-corrected chi connectivity index (χ2v) is 4.87. The molecule has 15 heavy (non-hydrogen) atoms. The lowest BCUT2D eigenvalue weighted by Crippen LogP contribution is -2.39. The Morgan fingerprint density at radius 3 is 2.73 bits per heavy atom. The molecule has 0 radical (unpaired) electrons. The van der Waals surface area contributed by atoms with Crippen LogP contribution >= 0.6 is 0 Å². The van der Waals surface area contributed by atoms with E-state index < -0.39 is 10.1 Å². The van der Waals surface area contributed by atoms with Crippen molar-refractivity contribution in [3.05, 3.63) is 24.4 Å². The van der Waals surface area contributed by atoms with Crippen LogP contribution < -0.4 is 4.57 Å². The van der Waals surface area contributed by atoms with Crippen LogP contribution in [0.15, 0.2) is 29.4 Å². The third-order valence-corrected chi connectivity index (χ3v) is 3.45. The normalized spacial score (nSPS) is 11.6. The summed E-state index contributed by atoms with van der Waals surface area (Å²) in [7, 11) is -2.42. The minimum atomic E-state index is -3.60. The second kappa shape index (κ2) is 5.23. The summed E-state index contributed by atoms with van der Waals surface area (Å²) < 4.78 is 29.3. The summed E-state index contributed by atoms with van der Waals surface area (Å²) in [4.78, 5) is 0. The van der Waals surface area contributed by atoms with E-state index >= 15 is 0 Å². The van der Waals surface area contributed by atoms with Gasteiger partial charge in [-0.3, -0.25) is 4.18 Å². The predicted molar refractivity (Wildman–Crippen MR) is 55.7 cm³/mol. The third kappa shape index (κ3) is 3.00. The van der Waals surface area contributed by atoms with Gasteiger partial charge in [0.25, 0.3) is 0 Å². The van der Waals surface area contributed by atoms with Gasteiger partial charge in [-0.1, -0.05) is 13.3 Å². The Morgan fingerprint density at radius 2 is 2.13 bits per heavy atom. The highest BCUT2D eigenvalue weighted by Crippen LogP contribution is 2.05. The molecule has 1 aromatic rings. The number of nitrogens with zero attached hydrogens (tertiary/aromatic N) is 1. The van der Waals surface area contributed by atoms with E-state index in [9.17, 15) is 8.42 Å². The van der Waals surface area contributed by atoms with Gasteiger partial charge in [0.2, 0.25) is 0 Å². The molecule has 0 bridgehead atoms. The van der Waals surface area contributed by atoms with Gasteiger partial charge in [0.1, 0.15) is 6.54 Å². The molecule has 0 atom stereocenters. The monoisotopic (exact) mass is 230 g/mol. The first-order valence-corrected chi connectivity index (χ1v) is 6.31. The summed E-state index contributed by atoms with van der Waals surface area (Å²) in [5.41, 5.74) is 0. The first-order chi connectivity index (χ1) is 7.11. The topological polar surface area (TPSA) is 47.2 Å². The van der Waals surface area contributed by atoms with Crippen molar-refractivity contribution < 1.29 is 17.2 Å². The van der Waals surface area contributed by atoms with Gasteiger partial charge in [0.05, 0.1) is 7.11 Å². The molecule has 1 heterocycles. The predicted octanol–water partition coefficient (Wildman–Crippen LogP) is 1.11. The second-order valence-electron chi connectivity index (χ2n) is 3.21. The molecular formula is C10H16NO3S+. The molecule has 0 unspecified atom stereocenters. The Balaban J connectivity index is 3.07. The highest BCUT2D eigenvalue weighted by molar-refractivity contribution is 7.86. The molecule has 0 N–H and O–H groups in total. The lowest BCUT2D eigenvalue weighted by Gasteiger charge is -2.02. The maximum atomic E-state index is 11.5. The Kier molecular flexibility index (Phi) is 4.23. The van der Waals surface area contributed by atoms with Gasteiger partial charge in [-0.2, -0.15) is 13.0 Å². The Labute approximate surface area is 90.6 Å². The molecule has 1 rings (SSSR count). The molecule has 0 fully saturated rings. The van der Waals surface area contributed by atoms with Gasteiger partial charge in [-0.15, -0.1) is 0 Å². The van der Waals surface area contributed by atoms with Gasteiger partial charge >= 0.3 is 15.1 Å². The summed E-state index contributed by atoms with van der Waals surface area (Å²) in [6, 6.07) is 5.05. The highest BCUT2D eigenvalue weighted by atomic mass is 32.2. The number of rotatable bonds is 5. The summed E-state index contributed by atoms with van der Waals surface area (Å²) in [5.74, 6) is 0. The molecule has 0 aliphatic rings. The lowest BCUT2D eigenvalue weighted by molar-refractivity contribution is -0.734. The molecular weight excluding hydrogens is 214 g/mol. The Morgan fingerprint density at radius 1 is 1.40 bits per heavy atom. The van der Waals surface area contributed by atoms with Gasteiger partial charge < -0.3 is 0 Å². The summed E-state index contributed by atoms with van der Waals surface area (Å²) in [6.45, 7) is 2.75. The van der Waals surface area contributed by atoms with Gasteiger partial charge in [-0.05, 0) is 6.07 Å². The molecule has 5 heteroatoms. The number of aryl methyl sites for hydroxylation is 1. The molecule has 0 spiro atoms. The van der Waals surface area contributed by atoms with Crippen LogP contribution in [0.5, 0.6) is 0 Å². The van der Waals surface area contributed by atoms with Crippen molar-refractivity contribution >= 4 is 10.1 Å². The molecule has 0 saturated carbocycles. The van der Waals surface area contributed by atoms with E-state index in [2.05, 4.69) is 11.1 Å².